The number of aliphatic hydroxyl groups excluding tert-OH is 1. The van der Waals surface area contributed by atoms with Crippen molar-refractivity contribution in [3.8, 4) is 0 Å². The molecule has 0 heterocycles. The van der Waals surface area contributed by atoms with Crippen molar-refractivity contribution in [1.29, 1.82) is 0 Å². The van der Waals surface area contributed by atoms with Gasteiger partial charge in [-0.3, -0.25) is 0 Å². The number of hydrogen-bond acceptors (Lipinski definition) is 7. The van der Waals surface area contributed by atoms with E-state index in [0.29, 0.717) is 5.55 Å². The maximum Gasteiger partial charge on any atom is 0 e. The van der Waals surface area contributed by atoms with Gasteiger partial charge >= 0.3 is 84.6 Å². The van der Waals surface area contributed by atoms with Gasteiger partial charge in [0.25, 0.3) is 0 Å². The molecule has 0 aliphatic heterocycles. The van der Waals surface area contributed by atoms with E-state index in [4.69, 9.17) is 13.7 Å². The Bertz CT molecular complexity index is 148. The van der Waals surface area contributed by atoms with Crippen LogP contribution in [0.5, 0.6) is 0 Å². The first-order valence-electron chi connectivity index (χ1n) is 2.62. The molecule has 0 aliphatic carbocycles. The largest absolute Gasteiger partial charge is 0 e. The normalized spacial score (nSPS) is 6.00. The van der Waals surface area contributed by atoms with Crippen LogP contribution in [0.4, 0.5) is 0 Å². The minimum Gasteiger partial charge on any atom is 0 e. The van der Waals surface area contributed by atoms with Crippen LogP contribution in [0.1, 0.15) is 0 Å². The molecule has 0 unspecified atom stereocenters. The molecule has 0 aromatic heterocycles. The van der Waals surface area contributed by atoms with E-state index in [1.54, 1.807) is 0 Å². The van der Waals surface area contributed by atoms with Crippen LogP contribution >= 0.6 is 48.9 Å². The predicted molar refractivity (Wildman–Crippen MR) is 66.3 cm³/mol. The van der Waals surface area contributed by atoms with E-state index in [1.807, 2.05) is 0 Å². The number of thiocarbonyl (C=S) groups is 4. The molecule has 0 saturated carbocycles. The molecule has 14 heavy (non-hydrogen) atoms. The van der Waals surface area contributed by atoms with Gasteiger partial charge in [-0.05, 0) is 12.2 Å². The molecule has 83 valence electrons. The first kappa shape index (κ1) is 20.6. The van der Waals surface area contributed by atoms with Crippen LogP contribution in [0.3, 0.4) is 0 Å². The molecule has 1 radical (unpaired) electrons. The zero-order chi connectivity index (χ0) is 10.5. The zero-order valence-corrected chi connectivity index (χ0v) is 14.5. The molecule has 0 saturated heterocycles. The van der Waals surface area contributed by atoms with Gasteiger partial charge in [-0.2, -0.15) is 0 Å². The summed E-state index contributed by atoms with van der Waals surface area (Å²) in [6.45, 7) is 0. The quantitative estimate of drug-likeness (QED) is 0.464. The molecule has 0 aromatic rings. The van der Waals surface area contributed by atoms with Crippen molar-refractivity contribution in [1.82, 2.24) is 0 Å². The van der Waals surface area contributed by atoms with Crippen LogP contribution in [0.2, 0.25) is 0 Å². The van der Waals surface area contributed by atoms with Crippen molar-refractivity contribution in [2.75, 3.05) is 0 Å². The predicted octanol–water partition coefficient (Wildman–Crippen LogP) is 1.39. The summed E-state index contributed by atoms with van der Waals surface area (Å²) in [5.74, 6) is 0. The van der Waals surface area contributed by atoms with Crippen molar-refractivity contribution in [2.45, 2.75) is 0 Å². The van der Waals surface area contributed by atoms with Crippen molar-refractivity contribution >= 4 is 93.8 Å². The third kappa shape index (κ3) is 18.9. The van der Waals surface area contributed by atoms with Crippen LogP contribution in [0, 0.1) is 0 Å². The van der Waals surface area contributed by atoms with E-state index in [2.05, 4.69) is 48.9 Å². The smallest absolute Gasteiger partial charge is 0 e. The van der Waals surface area contributed by atoms with E-state index < -0.39 is 22.7 Å². The minimum absolute atomic E-state index is 0. The van der Waals surface area contributed by atoms with E-state index in [0.717, 1.165) is 16.7 Å². The Balaban J connectivity index is -0.000000267. The molecular weight excluding hydrogens is 463 g/mol. The van der Waals surface area contributed by atoms with Crippen LogP contribution in [-0.2, 0) is 30.9 Å². The van der Waals surface area contributed by atoms with Gasteiger partial charge in [0.1, 0.15) is 5.55 Å². The van der Waals surface area contributed by atoms with Gasteiger partial charge in [0.15, 0.2) is 0 Å². The van der Waals surface area contributed by atoms with Gasteiger partial charge < -0.3 is 5.11 Å². The standard InChI is InChI=1S/4CH2OS.Ag.In/c4*2-1-3;;/h4*1H,(H,2,3);;/q;;;;;+3/p-3. The van der Waals surface area contributed by atoms with Gasteiger partial charge in [0, 0.05) is 22.4 Å². The van der Waals surface area contributed by atoms with E-state index in [-0.39, 0.29) is 22.4 Å². The van der Waals surface area contributed by atoms with Crippen LogP contribution in [0.25, 0.3) is 0 Å². The summed E-state index contributed by atoms with van der Waals surface area (Å²) in [7, 11) is 0. The van der Waals surface area contributed by atoms with Crippen LogP contribution < -0.4 is 0 Å². The molecule has 0 aromatic carbocycles. The monoisotopic (exact) mass is 467 g/mol. The first-order chi connectivity index (χ1) is 6.26. The molecule has 0 atom stereocenters. The zero-order valence-electron chi connectivity index (χ0n) is 6.49. The Hall–Kier alpha value is 1.17. The number of aliphatic hydroxyl groups is 1. The van der Waals surface area contributed by atoms with E-state index in [1.165, 1.54) is 0 Å². The fraction of sp³-hybridized carbons (Fsp3) is 0. The second-order valence-corrected chi connectivity index (χ2v) is 5.86. The summed E-state index contributed by atoms with van der Waals surface area (Å²) in [6, 6.07) is 0. The Morgan fingerprint density at radius 3 is 1.21 bits per heavy atom. The second-order valence-electron chi connectivity index (χ2n) is 1.09. The molecule has 0 fully saturated rings. The van der Waals surface area contributed by atoms with Crippen molar-refractivity contribution in [2.24, 2.45) is 0 Å². The van der Waals surface area contributed by atoms with Crippen molar-refractivity contribution in [3.63, 3.8) is 0 Å². The topological polar surface area (TPSA) is 47.9 Å². The van der Waals surface area contributed by atoms with Gasteiger partial charge in [-0.1, -0.05) is 0 Å². The molecule has 0 spiro atoms. The first-order valence-corrected chi connectivity index (χ1v) is 8.54. The maximum absolute atomic E-state index is 7.26. The summed E-state index contributed by atoms with van der Waals surface area (Å²) in [5, 5.41) is 7.26. The average Bonchev–Trinajstić information content (AvgIpc) is 2.07. The summed E-state index contributed by atoms with van der Waals surface area (Å²) in [5.41, 5.74) is 3.87. The maximum atomic E-state index is 7.26. The van der Waals surface area contributed by atoms with Gasteiger partial charge in [0.2, 0.25) is 0 Å². The van der Waals surface area contributed by atoms with E-state index >= 15 is 0 Å². The molecule has 1 N–H and O–H groups in total. The Kier molecular flexibility index (Phi) is 28.9. The Morgan fingerprint density at radius 1 is 0.857 bits per heavy atom. The van der Waals surface area contributed by atoms with Crippen LogP contribution in [0.15, 0.2) is 0 Å². The molecule has 10 heteroatoms. The fourth-order valence-corrected chi connectivity index (χ4v) is 3.38. The fourth-order valence-electron chi connectivity index (χ4n) is 0.232. The SMILES string of the molecule is OC=S.S=C[O][In]([O]C=S)[O]C=S.[Ag]. The number of hydrogen-bond donors (Lipinski definition) is 1. The van der Waals surface area contributed by atoms with Gasteiger partial charge in [0.05, 0.1) is 0 Å². The summed E-state index contributed by atoms with van der Waals surface area (Å²) < 4.78 is 14.3. The third-order valence-electron chi connectivity index (χ3n) is 0.500. The summed E-state index contributed by atoms with van der Waals surface area (Å²) >= 11 is 14.2. The third-order valence-corrected chi connectivity index (χ3v) is 5.59. The molecular formula is C4H5AgInO4S4. The molecule has 0 aliphatic rings. The molecule has 0 bridgehead atoms. The molecule has 4 nitrogen and oxygen atoms in total. The summed E-state index contributed by atoms with van der Waals surface area (Å²) in [4.78, 5) is 0. The second kappa shape index (κ2) is 19.7. The Labute approximate surface area is 128 Å². The van der Waals surface area contributed by atoms with Gasteiger partial charge in [-0.15, -0.1) is 0 Å². The molecule has 0 rings (SSSR count). The average molecular weight is 468 g/mol. The van der Waals surface area contributed by atoms with Crippen LogP contribution in [-0.4, -0.2) is 50.1 Å². The van der Waals surface area contributed by atoms with Crippen molar-refractivity contribution < 1.29 is 36.0 Å². The minimum atomic E-state index is -2.86. The summed E-state index contributed by atoms with van der Waals surface area (Å²) in [6.07, 6.45) is 0. The van der Waals surface area contributed by atoms with Gasteiger partial charge in [-0.25, -0.2) is 0 Å². The van der Waals surface area contributed by atoms with Crippen molar-refractivity contribution in [3.05, 3.63) is 0 Å². The van der Waals surface area contributed by atoms with E-state index in [9.17, 15) is 0 Å². The Morgan fingerprint density at radius 2 is 1.07 bits per heavy atom. The molecule has 0 amide bonds. The number of rotatable bonds is 6.